The summed E-state index contributed by atoms with van der Waals surface area (Å²) in [4.78, 5) is 1.19. The van der Waals surface area contributed by atoms with Gasteiger partial charge in [0.25, 0.3) is 0 Å². The first-order valence-electron chi connectivity index (χ1n) is 5.55. The minimum absolute atomic E-state index is 0.469. The Morgan fingerprint density at radius 2 is 2.18 bits per heavy atom. The smallest absolute Gasteiger partial charge is 0.122 e. The van der Waals surface area contributed by atoms with Gasteiger partial charge in [-0.1, -0.05) is 18.2 Å². The van der Waals surface area contributed by atoms with Crippen LogP contribution in [0.3, 0.4) is 0 Å². The van der Waals surface area contributed by atoms with Crippen molar-refractivity contribution in [2.75, 3.05) is 7.11 Å². The van der Waals surface area contributed by atoms with Gasteiger partial charge < -0.3 is 9.84 Å². The maximum atomic E-state index is 10.2. The fourth-order valence-electron chi connectivity index (χ4n) is 1.78. The predicted octanol–water partition coefficient (Wildman–Crippen LogP) is 3.34. The number of methoxy groups -OCH3 is 1. The lowest BCUT2D eigenvalue weighted by Gasteiger charge is -2.12. The van der Waals surface area contributed by atoms with Crippen molar-refractivity contribution in [3.8, 4) is 5.75 Å². The second kappa shape index (κ2) is 5.34. The van der Waals surface area contributed by atoms with Crippen LogP contribution in [0.5, 0.6) is 5.75 Å². The summed E-state index contributed by atoms with van der Waals surface area (Å²) in [6, 6.07) is 9.89. The van der Waals surface area contributed by atoms with E-state index in [1.54, 1.807) is 18.4 Å². The van der Waals surface area contributed by atoms with Crippen LogP contribution in [0.2, 0.25) is 0 Å². The molecule has 0 amide bonds. The standard InChI is InChI=1S/C14H16O2S/c1-10-5-6-11(8-14(10)16-2)13(15)9-12-4-3-7-17-12/h3-8,13,15H,9H2,1-2H3. The molecule has 17 heavy (non-hydrogen) atoms. The highest BCUT2D eigenvalue weighted by molar-refractivity contribution is 7.09. The molecule has 0 saturated carbocycles. The summed E-state index contributed by atoms with van der Waals surface area (Å²) >= 11 is 1.67. The lowest BCUT2D eigenvalue weighted by molar-refractivity contribution is 0.179. The number of ether oxygens (including phenoxy) is 1. The third kappa shape index (κ3) is 2.87. The summed E-state index contributed by atoms with van der Waals surface area (Å²) in [6.45, 7) is 1.99. The highest BCUT2D eigenvalue weighted by Gasteiger charge is 2.11. The van der Waals surface area contributed by atoms with Crippen LogP contribution in [0, 0.1) is 6.92 Å². The summed E-state index contributed by atoms with van der Waals surface area (Å²) < 4.78 is 5.26. The van der Waals surface area contributed by atoms with Gasteiger partial charge in [0.1, 0.15) is 5.75 Å². The highest BCUT2D eigenvalue weighted by Crippen LogP contribution is 2.26. The molecule has 2 nitrogen and oxygen atoms in total. The molecule has 2 rings (SSSR count). The molecule has 0 aliphatic rings. The van der Waals surface area contributed by atoms with Gasteiger partial charge in [-0.2, -0.15) is 0 Å². The van der Waals surface area contributed by atoms with Crippen LogP contribution >= 0.6 is 11.3 Å². The highest BCUT2D eigenvalue weighted by atomic mass is 32.1. The molecule has 0 bridgehead atoms. The maximum absolute atomic E-state index is 10.2. The Balaban J connectivity index is 2.16. The normalized spacial score (nSPS) is 12.4. The van der Waals surface area contributed by atoms with Crippen molar-refractivity contribution in [1.29, 1.82) is 0 Å². The minimum atomic E-state index is -0.469. The zero-order valence-corrected chi connectivity index (χ0v) is 10.8. The number of aliphatic hydroxyl groups is 1. The topological polar surface area (TPSA) is 29.5 Å². The second-order valence-electron chi connectivity index (χ2n) is 4.03. The van der Waals surface area contributed by atoms with Gasteiger partial charge in [0.2, 0.25) is 0 Å². The molecule has 0 fully saturated rings. The SMILES string of the molecule is COc1cc(C(O)Cc2cccs2)ccc1C. The Morgan fingerprint density at radius 3 is 2.82 bits per heavy atom. The molecule has 0 radical (unpaired) electrons. The third-order valence-corrected chi connectivity index (χ3v) is 3.69. The molecule has 1 heterocycles. The summed E-state index contributed by atoms with van der Waals surface area (Å²) in [5.74, 6) is 0.827. The summed E-state index contributed by atoms with van der Waals surface area (Å²) in [7, 11) is 1.65. The molecule has 1 N–H and O–H groups in total. The average molecular weight is 248 g/mol. The monoisotopic (exact) mass is 248 g/mol. The van der Waals surface area contributed by atoms with Crippen molar-refractivity contribution in [3.63, 3.8) is 0 Å². The molecule has 90 valence electrons. The molecule has 0 aliphatic heterocycles. The van der Waals surface area contributed by atoms with Gasteiger partial charge in [0, 0.05) is 11.3 Å². The first-order valence-corrected chi connectivity index (χ1v) is 6.43. The lowest BCUT2D eigenvalue weighted by Crippen LogP contribution is -2.01. The molecule has 1 atom stereocenters. The first-order chi connectivity index (χ1) is 8.20. The van der Waals surface area contributed by atoms with Crippen LogP contribution in [0.15, 0.2) is 35.7 Å². The molecule has 0 aliphatic carbocycles. The number of hydrogen-bond acceptors (Lipinski definition) is 3. The van der Waals surface area contributed by atoms with Gasteiger partial charge >= 0.3 is 0 Å². The Kier molecular flexibility index (Phi) is 3.82. The van der Waals surface area contributed by atoms with E-state index in [0.29, 0.717) is 6.42 Å². The number of hydrogen-bond donors (Lipinski definition) is 1. The van der Waals surface area contributed by atoms with Gasteiger partial charge in [-0.3, -0.25) is 0 Å². The molecule has 1 aromatic carbocycles. The number of aliphatic hydroxyl groups excluding tert-OH is 1. The predicted molar refractivity (Wildman–Crippen MR) is 70.7 cm³/mol. The summed E-state index contributed by atoms with van der Waals surface area (Å²) in [5.41, 5.74) is 1.99. The first kappa shape index (κ1) is 12.1. The van der Waals surface area contributed by atoms with Crippen LogP contribution in [-0.2, 0) is 6.42 Å². The fraction of sp³-hybridized carbons (Fsp3) is 0.286. The van der Waals surface area contributed by atoms with E-state index in [1.807, 2.05) is 42.6 Å². The molecule has 1 unspecified atom stereocenters. The molecule has 1 aromatic heterocycles. The largest absolute Gasteiger partial charge is 0.496 e. The van der Waals surface area contributed by atoms with Gasteiger partial charge in [0.15, 0.2) is 0 Å². The van der Waals surface area contributed by atoms with Crippen molar-refractivity contribution >= 4 is 11.3 Å². The Morgan fingerprint density at radius 1 is 1.35 bits per heavy atom. The van der Waals surface area contributed by atoms with Crippen LogP contribution in [0.1, 0.15) is 22.1 Å². The van der Waals surface area contributed by atoms with Crippen LogP contribution in [-0.4, -0.2) is 12.2 Å². The summed E-state index contributed by atoms with van der Waals surface area (Å²) in [5, 5.41) is 12.2. The molecular formula is C14H16O2S. The molecular weight excluding hydrogens is 232 g/mol. The average Bonchev–Trinajstić information content (AvgIpc) is 2.82. The van der Waals surface area contributed by atoms with Gasteiger partial charge in [0.05, 0.1) is 13.2 Å². The van der Waals surface area contributed by atoms with E-state index in [0.717, 1.165) is 16.9 Å². The van der Waals surface area contributed by atoms with Crippen molar-refractivity contribution in [3.05, 3.63) is 51.7 Å². The third-order valence-electron chi connectivity index (χ3n) is 2.79. The van der Waals surface area contributed by atoms with Gasteiger partial charge in [-0.15, -0.1) is 11.3 Å². The molecule has 2 aromatic rings. The zero-order chi connectivity index (χ0) is 12.3. The molecule has 0 saturated heterocycles. The van der Waals surface area contributed by atoms with Crippen LogP contribution < -0.4 is 4.74 Å². The van der Waals surface area contributed by atoms with Crippen molar-refractivity contribution in [2.45, 2.75) is 19.4 Å². The minimum Gasteiger partial charge on any atom is -0.496 e. The van der Waals surface area contributed by atoms with Crippen LogP contribution in [0.4, 0.5) is 0 Å². The van der Waals surface area contributed by atoms with Gasteiger partial charge in [-0.05, 0) is 35.6 Å². The van der Waals surface area contributed by atoms with E-state index < -0.39 is 6.10 Å². The van der Waals surface area contributed by atoms with Crippen molar-refractivity contribution in [2.24, 2.45) is 0 Å². The Labute approximate surface area is 105 Å². The van der Waals surface area contributed by atoms with E-state index in [4.69, 9.17) is 4.74 Å². The van der Waals surface area contributed by atoms with Crippen LogP contribution in [0.25, 0.3) is 0 Å². The zero-order valence-electron chi connectivity index (χ0n) is 10.0. The summed E-state index contributed by atoms with van der Waals surface area (Å²) in [6.07, 6.45) is 0.187. The van der Waals surface area contributed by atoms with Crippen molar-refractivity contribution in [1.82, 2.24) is 0 Å². The lowest BCUT2D eigenvalue weighted by atomic mass is 10.0. The Hall–Kier alpha value is -1.32. The molecule has 3 heteroatoms. The fourth-order valence-corrected chi connectivity index (χ4v) is 2.52. The van der Waals surface area contributed by atoms with E-state index in [9.17, 15) is 5.11 Å². The quantitative estimate of drug-likeness (QED) is 0.899. The van der Waals surface area contributed by atoms with E-state index in [1.165, 1.54) is 4.88 Å². The van der Waals surface area contributed by atoms with E-state index in [2.05, 4.69) is 0 Å². The van der Waals surface area contributed by atoms with E-state index in [-0.39, 0.29) is 0 Å². The number of thiophene rings is 1. The number of aryl methyl sites for hydroxylation is 1. The van der Waals surface area contributed by atoms with E-state index >= 15 is 0 Å². The number of rotatable bonds is 4. The maximum Gasteiger partial charge on any atom is 0.122 e. The number of benzene rings is 1. The van der Waals surface area contributed by atoms with Crippen molar-refractivity contribution < 1.29 is 9.84 Å². The molecule has 0 spiro atoms. The van der Waals surface area contributed by atoms with Gasteiger partial charge in [-0.25, -0.2) is 0 Å². The Bertz CT molecular complexity index is 477. The second-order valence-corrected chi connectivity index (χ2v) is 5.06.